The number of nitrogens with one attached hydrogen (secondary N) is 1. The maximum Gasteiger partial charge on any atom is 0.307 e. The highest BCUT2D eigenvalue weighted by molar-refractivity contribution is 7.83. The minimum atomic E-state index is -1.35. The Labute approximate surface area is 116 Å². The van der Waals surface area contributed by atoms with Crippen LogP contribution in [0.25, 0.3) is 0 Å². The molecule has 1 N–H and O–H groups in total. The number of hydrogen-bond donors (Lipinski definition) is 1. The van der Waals surface area contributed by atoms with E-state index in [2.05, 4.69) is 9.46 Å². The summed E-state index contributed by atoms with van der Waals surface area (Å²) in [6.45, 7) is 3.82. The average Bonchev–Trinajstić information content (AvgIpc) is 2.39. The second kappa shape index (κ2) is 7.86. The molecule has 0 radical (unpaired) electrons. The van der Waals surface area contributed by atoms with Gasteiger partial charge in [-0.1, -0.05) is 29.8 Å². The standard InChI is InChI=1S/C14H19NO3S/c1-4-5-12(10-14(16)18-3)15-19(17)13-8-6-11(2)7-9-13/h4-9,12,15H,10H2,1-3H3/b5-4+/t12-,19-/m0/s1. The molecule has 0 aliphatic carbocycles. The molecule has 104 valence electrons. The summed E-state index contributed by atoms with van der Waals surface area (Å²) in [6, 6.07) is 7.12. The molecule has 19 heavy (non-hydrogen) atoms. The first-order valence-corrected chi connectivity index (χ1v) is 7.16. The number of hydrogen-bond acceptors (Lipinski definition) is 3. The summed E-state index contributed by atoms with van der Waals surface area (Å²) in [7, 11) is -0.0114. The molecule has 0 fully saturated rings. The van der Waals surface area contributed by atoms with Gasteiger partial charge in [-0.3, -0.25) is 4.79 Å². The zero-order valence-electron chi connectivity index (χ0n) is 11.4. The molecule has 0 saturated carbocycles. The minimum Gasteiger partial charge on any atom is -0.469 e. The Bertz CT molecular complexity index is 468. The summed E-state index contributed by atoms with van der Waals surface area (Å²) in [4.78, 5) is 11.9. The van der Waals surface area contributed by atoms with Crippen molar-refractivity contribution in [2.75, 3.05) is 7.11 Å². The second-order valence-electron chi connectivity index (χ2n) is 4.11. The zero-order chi connectivity index (χ0) is 14.3. The lowest BCUT2D eigenvalue weighted by Gasteiger charge is -2.13. The van der Waals surface area contributed by atoms with Gasteiger partial charge in [0.25, 0.3) is 0 Å². The van der Waals surface area contributed by atoms with Crippen LogP contribution in [0.2, 0.25) is 0 Å². The fraction of sp³-hybridized carbons (Fsp3) is 0.357. The number of carbonyl (C=O) groups excluding carboxylic acids is 1. The normalized spacial score (nSPS) is 14.3. The van der Waals surface area contributed by atoms with Gasteiger partial charge >= 0.3 is 5.97 Å². The van der Waals surface area contributed by atoms with Crippen molar-refractivity contribution in [3.63, 3.8) is 0 Å². The van der Waals surface area contributed by atoms with Crippen LogP contribution in [0, 0.1) is 6.92 Å². The monoisotopic (exact) mass is 281 g/mol. The van der Waals surface area contributed by atoms with E-state index in [1.807, 2.05) is 44.2 Å². The molecule has 0 heterocycles. The van der Waals surface area contributed by atoms with Gasteiger partial charge in [0.05, 0.1) is 18.4 Å². The fourth-order valence-corrected chi connectivity index (χ4v) is 2.47. The van der Waals surface area contributed by atoms with Gasteiger partial charge in [-0.05, 0) is 26.0 Å². The number of carbonyl (C=O) groups is 1. The lowest BCUT2D eigenvalue weighted by atomic mass is 10.2. The number of esters is 1. The van der Waals surface area contributed by atoms with Crippen LogP contribution in [0.3, 0.4) is 0 Å². The van der Waals surface area contributed by atoms with E-state index < -0.39 is 11.0 Å². The topological polar surface area (TPSA) is 55.4 Å². The number of benzene rings is 1. The maximum absolute atomic E-state index is 12.1. The molecule has 1 rings (SSSR count). The molecule has 2 atom stereocenters. The third kappa shape index (κ3) is 5.36. The van der Waals surface area contributed by atoms with Gasteiger partial charge in [-0.15, -0.1) is 0 Å². The van der Waals surface area contributed by atoms with Gasteiger partial charge in [0.2, 0.25) is 0 Å². The lowest BCUT2D eigenvalue weighted by molar-refractivity contribution is -0.140. The van der Waals surface area contributed by atoms with Crippen LogP contribution in [0.5, 0.6) is 0 Å². The van der Waals surface area contributed by atoms with E-state index in [1.165, 1.54) is 7.11 Å². The van der Waals surface area contributed by atoms with E-state index in [9.17, 15) is 9.00 Å². The Kier molecular flexibility index (Phi) is 6.45. The summed E-state index contributed by atoms with van der Waals surface area (Å²) in [5.74, 6) is -0.337. The van der Waals surface area contributed by atoms with Crippen molar-refractivity contribution in [1.82, 2.24) is 4.72 Å². The molecule has 0 amide bonds. The first kappa shape index (κ1) is 15.6. The van der Waals surface area contributed by atoms with Crippen LogP contribution in [0.4, 0.5) is 0 Å². The third-order valence-corrected chi connectivity index (χ3v) is 3.75. The highest BCUT2D eigenvalue weighted by atomic mass is 32.2. The Balaban J connectivity index is 2.70. The first-order valence-electron chi connectivity index (χ1n) is 6.01. The van der Waals surface area contributed by atoms with E-state index in [0.717, 1.165) is 5.56 Å². The molecule has 0 bridgehead atoms. The van der Waals surface area contributed by atoms with Crippen LogP contribution < -0.4 is 4.72 Å². The van der Waals surface area contributed by atoms with E-state index in [1.54, 1.807) is 6.08 Å². The van der Waals surface area contributed by atoms with Crippen molar-refractivity contribution >= 4 is 17.0 Å². The van der Waals surface area contributed by atoms with Gasteiger partial charge in [0.1, 0.15) is 11.0 Å². The van der Waals surface area contributed by atoms with E-state index in [0.29, 0.717) is 4.90 Å². The van der Waals surface area contributed by atoms with E-state index in [-0.39, 0.29) is 18.4 Å². The summed E-state index contributed by atoms with van der Waals surface area (Å²) in [5.41, 5.74) is 1.11. The van der Waals surface area contributed by atoms with Crippen LogP contribution in [-0.2, 0) is 20.5 Å². The summed E-state index contributed by atoms with van der Waals surface area (Å²) >= 11 is 0. The fourth-order valence-electron chi connectivity index (χ4n) is 1.51. The van der Waals surface area contributed by atoms with Crippen molar-refractivity contribution in [2.24, 2.45) is 0 Å². The first-order chi connectivity index (χ1) is 9.06. The Morgan fingerprint density at radius 2 is 2.05 bits per heavy atom. The second-order valence-corrected chi connectivity index (χ2v) is 5.36. The molecule has 1 aromatic rings. The van der Waals surface area contributed by atoms with Crippen LogP contribution >= 0.6 is 0 Å². The van der Waals surface area contributed by atoms with Crippen molar-refractivity contribution < 1.29 is 13.7 Å². The number of allylic oxidation sites excluding steroid dienone is 1. The molecule has 0 aliphatic rings. The average molecular weight is 281 g/mol. The quantitative estimate of drug-likeness (QED) is 0.642. The Morgan fingerprint density at radius 1 is 1.42 bits per heavy atom. The predicted molar refractivity (Wildman–Crippen MR) is 76.0 cm³/mol. The highest BCUT2D eigenvalue weighted by Gasteiger charge is 2.14. The van der Waals surface area contributed by atoms with Crippen molar-refractivity contribution in [3.05, 3.63) is 42.0 Å². The summed E-state index contributed by atoms with van der Waals surface area (Å²) in [5, 5.41) is 0. The highest BCUT2D eigenvalue weighted by Crippen LogP contribution is 2.08. The predicted octanol–water partition coefficient (Wildman–Crippen LogP) is 2.12. The minimum absolute atomic E-state index is 0.151. The molecule has 5 heteroatoms. The molecule has 0 aromatic heterocycles. The number of methoxy groups -OCH3 is 1. The maximum atomic E-state index is 12.1. The zero-order valence-corrected chi connectivity index (χ0v) is 12.2. The van der Waals surface area contributed by atoms with E-state index >= 15 is 0 Å². The Morgan fingerprint density at radius 3 is 2.58 bits per heavy atom. The van der Waals surface area contributed by atoms with Crippen molar-refractivity contribution in [3.8, 4) is 0 Å². The SMILES string of the molecule is C/C=C/[C@@H](CC(=O)OC)N[S@@](=O)c1ccc(C)cc1. The molecule has 4 nitrogen and oxygen atoms in total. The van der Waals surface area contributed by atoms with Gasteiger partial charge < -0.3 is 4.74 Å². The number of rotatable bonds is 6. The molecule has 0 aliphatic heterocycles. The van der Waals surface area contributed by atoms with Gasteiger partial charge in [0, 0.05) is 6.04 Å². The van der Waals surface area contributed by atoms with Gasteiger partial charge in [0.15, 0.2) is 0 Å². The van der Waals surface area contributed by atoms with Crippen LogP contribution in [-0.4, -0.2) is 23.3 Å². The Hall–Kier alpha value is -1.46. The van der Waals surface area contributed by atoms with Crippen LogP contribution in [0.1, 0.15) is 18.9 Å². The van der Waals surface area contributed by atoms with Gasteiger partial charge in [-0.2, -0.15) is 0 Å². The molecule has 0 spiro atoms. The van der Waals surface area contributed by atoms with Crippen LogP contribution in [0.15, 0.2) is 41.3 Å². The number of aryl methyl sites for hydroxylation is 1. The molecule has 0 saturated heterocycles. The third-order valence-electron chi connectivity index (χ3n) is 2.53. The molecule has 0 unspecified atom stereocenters. The lowest BCUT2D eigenvalue weighted by Crippen LogP contribution is -2.31. The smallest absolute Gasteiger partial charge is 0.307 e. The largest absolute Gasteiger partial charge is 0.469 e. The van der Waals surface area contributed by atoms with E-state index in [4.69, 9.17) is 0 Å². The van der Waals surface area contributed by atoms with Gasteiger partial charge in [-0.25, -0.2) is 8.93 Å². The van der Waals surface area contributed by atoms with Crippen molar-refractivity contribution in [2.45, 2.75) is 31.2 Å². The molecular formula is C14H19NO3S. The van der Waals surface area contributed by atoms with Crippen molar-refractivity contribution in [1.29, 1.82) is 0 Å². The summed E-state index contributed by atoms with van der Waals surface area (Å²) in [6.07, 6.45) is 3.76. The molecular weight excluding hydrogens is 262 g/mol. The summed E-state index contributed by atoms with van der Waals surface area (Å²) < 4.78 is 19.6. The number of ether oxygens (including phenoxy) is 1. The molecule has 1 aromatic carbocycles.